The predicted molar refractivity (Wildman–Crippen MR) is 110 cm³/mol. The van der Waals surface area contributed by atoms with Gasteiger partial charge in [-0.25, -0.2) is 15.2 Å². The summed E-state index contributed by atoms with van der Waals surface area (Å²) < 4.78 is 1.67. The fraction of sp³-hybridized carbons (Fsp3) is 0.190. The first-order valence-corrected chi connectivity index (χ1v) is 9.55. The Morgan fingerprint density at radius 2 is 1.97 bits per heavy atom. The van der Waals surface area contributed by atoms with Crippen molar-refractivity contribution in [2.75, 3.05) is 11.4 Å². The van der Waals surface area contributed by atoms with Gasteiger partial charge in [0.1, 0.15) is 0 Å². The summed E-state index contributed by atoms with van der Waals surface area (Å²) in [4.78, 5) is 28.3. The van der Waals surface area contributed by atoms with Crippen molar-refractivity contribution < 1.29 is 9.59 Å². The summed E-state index contributed by atoms with van der Waals surface area (Å²) in [7, 11) is 0. The van der Waals surface area contributed by atoms with E-state index in [0.717, 1.165) is 16.9 Å². The number of nitrogens with one attached hydrogen (secondary N) is 1. The molecule has 147 valence electrons. The van der Waals surface area contributed by atoms with Gasteiger partial charge in [-0.05, 0) is 42.8 Å². The van der Waals surface area contributed by atoms with Crippen molar-refractivity contribution >= 4 is 29.2 Å². The van der Waals surface area contributed by atoms with Crippen LogP contribution in [-0.4, -0.2) is 39.2 Å². The lowest BCUT2D eigenvalue weighted by atomic mass is 10.1. The Morgan fingerprint density at radius 3 is 2.66 bits per heavy atom. The first-order chi connectivity index (χ1) is 14.0. The van der Waals surface area contributed by atoms with Crippen LogP contribution in [0.2, 0.25) is 5.02 Å². The van der Waals surface area contributed by atoms with Crippen molar-refractivity contribution in [2.24, 2.45) is 0 Å². The summed E-state index contributed by atoms with van der Waals surface area (Å²) in [5.74, 6) is -0.249. The number of aromatic nitrogens is 2. The average Bonchev–Trinajstić information content (AvgIpc) is 3.19. The number of amides is 3. The monoisotopic (exact) mass is 408 g/mol. The fourth-order valence-electron chi connectivity index (χ4n) is 3.56. The molecule has 1 aliphatic rings. The number of urea groups is 1. The zero-order chi connectivity index (χ0) is 20.5. The van der Waals surface area contributed by atoms with Crippen LogP contribution in [0.3, 0.4) is 0 Å². The molecule has 1 N–H and O–H groups in total. The van der Waals surface area contributed by atoms with Gasteiger partial charge in [0.2, 0.25) is 0 Å². The Bertz CT molecular complexity index is 1070. The van der Waals surface area contributed by atoms with E-state index in [0.29, 0.717) is 10.6 Å². The number of para-hydroxylation sites is 1. The summed E-state index contributed by atoms with van der Waals surface area (Å²) in [5, 5.41) is 4.50. The Labute approximate surface area is 173 Å². The van der Waals surface area contributed by atoms with Gasteiger partial charge in [0.15, 0.2) is 0 Å². The highest BCUT2D eigenvalue weighted by Gasteiger charge is 2.31. The van der Waals surface area contributed by atoms with Gasteiger partial charge in [-0.2, -0.15) is 5.10 Å². The van der Waals surface area contributed by atoms with Crippen molar-refractivity contribution in [3.63, 3.8) is 0 Å². The number of nitrogens with zero attached hydrogens (tertiary/aromatic N) is 4. The van der Waals surface area contributed by atoms with Crippen molar-refractivity contribution in [3.8, 4) is 5.69 Å². The molecule has 1 atom stereocenters. The molecular weight excluding hydrogens is 390 g/mol. The van der Waals surface area contributed by atoms with E-state index in [-0.39, 0.29) is 25.0 Å². The summed E-state index contributed by atoms with van der Waals surface area (Å²) >= 11 is 6.46. The second-order valence-corrected chi connectivity index (χ2v) is 7.35. The average molecular weight is 409 g/mol. The van der Waals surface area contributed by atoms with Gasteiger partial charge in [0, 0.05) is 37.2 Å². The van der Waals surface area contributed by atoms with Crippen molar-refractivity contribution in [2.45, 2.75) is 19.5 Å². The molecule has 0 aliphatic carbocycles. The molecule has 2 heterocycles. The normalized spacial score (nSPS) is 16.3. The lowest BCUT2D eigenvalue weighted by Gasteiger charge is -2.28. The molecule has 2 aromatic carbocycles. The Balaban J connectivity index is 1.72. The molecule has 1 aromatic heterocycles. The molecule has 3 aromatic rings. The summed E-state index contributed by atoms with van der Waals surface area (Å²) in [6.07, 6.45) is 3.47. The van der Waals surface area contributed by atoms with E-state index in [4.69, 9.17) is 17.3 Å². The Kier molecular flexibility index (Phi) is 4.98. The van der Waals surface area contributed by atoms with Crippen molar-refractivity contribution in [1.82, 2.24) is 20.4 Å². The molecular formula is C21H19ClN5O2. The highest BCUT2D eigenvalue weighted by molar-refractivity contribution is 6.34. The third kappa shape index (κ3) is 3.56. The van der Waals surface area contributed by atoms with Gasteiger partial charge in [-0.1, -0.05) is 29.8 Å². The minimum Gasteiger partial charge on any atom is -0.314 e. The second-order valence-electron chi connectivity index (χ2n) is 6.94. The quantitative estimate of drug-likeness (QED) is 0.647. The summed E-state index contributed by atoms with van der Waals surface area (Å²) in [6.45, 7) is 2.40. The number of anilines is 1. The predicted octanol–water partition coefficient (Wildman–Crippen LogP) is 3.78. The summed E-state index contributed by atoms with van der Waals surface area (Å²) in [5.41, 5.74) is 10.2. The molecule has 0 fully saturated rings. The molecule has 1 radical (unpaired) electrons. The van der Waals surface area contributed by atoms with Crippen LogP contribution in [0.5, 0.6) is 0 Å². The minimum absolute atomic E-state index is 0.249. The van der Waals surface area contributed by atoms with E-state index in [2.05, 4.69) is 5.10 Å². The minimum atomic E-state index is -0.761. The molecule has 7 nitrogen and oxygen atoms in total. The molecule has 0 spiro atoms. The molecule has 1 aliphatic heterocycles. The van der Waals surface area contributed by atoms with E-state index in [1.54, 1.807) is 40.2 Å². The van der Waals surface area contributed by atoms with Gasteiger partial charge >= 0.3 is 6.03 Å². The first kappa shape index (κ1) is 19.0. The Morgan fingerprint density at radius 1 is 1.17 bits per heavy atom. The van der Waals surface area contributed by atoms with Crippen LogP contribution in [0.1, 0.15) is 22.8 Å². The fourth-order valence-corrected chi connectivity index (χ4v) is 3.82. The maximum atomic E-state index is 13.4. The van der Waals surface area contributed by atoms with Gasteiger partial charge in [-0.3, -0.25) is 4.79 Å². The Hall–Kier alpha value is -3.32. The third-order valence-electron chi connectivity index (χ3n) is 5.06. The molecule has 0 unspecified atom stereocenters. The molecule has 3 amide bonds. The van der Waals surface area contributed by atoms with E-state index < -0.39 is 6.03 Å². The van der Waals surface area contributed by atoms with Crippen molar-refractivity contribution in [1.29, 1.82) is 0 Å². The third-order valence-corrected chi connectivity index (χ3v) is 5.37. The van der Waals surface area contributed by atoms with Crippen molar-refractivity contribution in [3.05, 3.63) is 77.1 Å². The van der Waals surface area contributed by atoms with Crippen LogP contribution in [0.25, 0.3) is 5.69 Å². The lowest BCUT2D eigenvalue weighted by Crippen LogP contribution is -2.44. The van der Waals surface area contributed by atoms with Crippen LogP contribution in [0.4, 0.5) is 10.5 Å². The smallest absolute Gasteiger partial charge is 0.314 e. The number of carbonyl (C=O) groups excluding carboxylic acids is 2. The van der Waals surface area contributed by atoms with Crippen LogP contribution in [0.15, 0.2) is 60.9 Å². The van der Waals surface area contributed by atoms with Gasteiger partial charge in [0.05, 0.1) is 16.3 Å². The van der Waals surface area contributed by atoms with E-state index in [1.807, 2.05) is 37.3 Å². The van der Waals surface area contributed by atoms with Gasteiger partial charge < -0.3 is 9.80 Å². The number of carbonyl (C=O) groups is 2. The second kappa shape index (κ2) is 7.60. The standard InChI is InChI=1S/C21H19ClN5O2/c1-14-12-26(19-6-3-2-5-15(19)13-25(14)21(23)29)20(28)17-8-7-16(11-18(17)22)27-10-4-9-24-27/h2-11,14,23H,12-13H2,1H3/t14-/m1/s1. The summed E-state index contributed by atoms with van der Waals surface area (Å²) in [6, 6.07) is 13.3. The highest BCUT2D eigenvalue weighted by Crippen LogP contribution is 2.30. The molecule has 0 saturated heterocycles. The first-order valence-electron chi connectivity index (χ1n) is 9.17. The molecule has 0 saturated carbocycles. The SMILES string of the molecule is C[C@@H]1CN(C(=O)c2ccc(-n3cccn3)cc2Cl)c2ccccc2CN1C([NH])=O. The van der Waals surface area contributed by atoms with E-state index >= 15 is 0 Å². The molecule has 0 bridgehead atoms. The molecule has 4 rings (SSSR count). The largest absolute Gasteiger partial charge is 0.336 e. The number of hydrogen-bond donors (Lipinski definition) is 0. The van der Waals surface area contributed by atoms with Gasteiger partial charge in [0.25, 0.3) is 5.91 Å². The van der Waals surface area contributed by atoms with Crippen LogP contribution in [0, 0.1) is 0 Å². The van der Waals surface area contributed by atoms with Crippen LogP contribution < -0.4 is 10.6 Å². The molecule has 8 heteroatoms. The van der Waals surface area contributed by atoms with Crippen LogP contribution >= 0.6 is 11.6 Å². The number of halogens is 1. The maximum Gasteiger partial charge on any atom is 0.336 e. The number of hydrogen-bond acceptors (Lipinski definition) is 3. The topological polar surface area (TPSA) is 82.2 Å². The number of fused-ring (bicyclic) bond motifs is 1. The van der Waals surface area contributed by atoms with Crippen LogP contribution in [-0.2, 0) is 6.54 Å². The van der Waals surface area contributed by atoms with E-state index in [9.17, 15) is 9.59 Å². The van der Waals surface area contributed by atoms with E-state index in [1.165, 1.54) is 4.90 Å². The zero-order valence-electron chi connectivity index (χ0n) is 15.7. The number of rotatable bonds is 2. The number of benzene rings is 2. The highest BCUT2D eigenvalue weighted by atomic mass is 35.5. The maximum absolute atomic E-state index is 13.4. The zero-order valence-corrected chi connectivity index (χ0v) is 16.5. The van der Waals surface area contributed by atoms with Gasteiger partial charge in [-0.15, -0.1) is 0 Å². The lowest BCUT2D eigenvalue weighted by molar-refractivity contribution is 0.0980. The molecule has 29 heavy (non-hydrogen) atoms.